The molecular weight excluding hydrogens is 282 g/mol. The lowest BCUT2D eigenvalue weighted by Gasteiger charge is -2.29. The Bertz CT molecular complexity index is 613. The van der Waals surface area contributed by atoms with Crippen molar-refractivity contribution in [1.82, 2.24) is 14.4 Å². The quantitative estimate of drug-likeness (QED) is 0.787. The van der Waals surface area contributed by atoms with Gasteiger partial charge in [0.05, 0.1) is 19.3 Å². The number of hydrogen-bond donors (Lipinski definition) is 0. The van der Waals surface area contributed by atoms with E-state index in [-0.39, 0.29) is 17.5 Å². The van der Waals surface area contributed by atoms with Gasteiger partial charge < -0.3 is 19.1 Å². The Balaban J connectivity index is 1.87. The molecule has 3 heterocycles. The molecule has 0 unspecified atom stereocenters. The monoisotopic (exact) mass is 305 g/mol. The van der Waals surface area contributed by atoms with Crippen molar-refractivity contribution in [2.45, 2.75) is 19.5 Å². The molecule has 2 atom stereocenters. The van der Waals surface area contributed by atoms with Crippen LogP contribution in [0.15, 0.2) is 23.1 Å². The third-order valence-electron chi connectivity index (χ3n) is 4.50. The normalized spacial score (nSPS) is 25.8. The standard InChI is InChI=1S/C16H23N3O3/c1-3-18-5-4-13(6-15(18)20)16(21)19-8-12-7-17(2)9-14(19)11-22-10-12/h4-6,12,14H,3,7-11H2,1-2H3/t12-,14-/m0/s1. The van der Waals surface area contributed by atoms with E-state index in [1.165, 1.54) is 6.07 Å². The third kappa shape index (κ3) is 2.94. The van der Waals surface area contributed by atoms with E-state index in [9.17, 15) is 9.59 Å². The summed E-state index contributed by atoms with van der Waals surface area (Å²) in [6.07, 6.45) is 1.70. The van der Waals surface area contributed by atoms with Crippen LogP contribution in [0.5, 0.6) is 0 Å². The van der Waals surface area contributed by atoms with Crippen molar-refractivity contribution >= 4 is 5.91 Å². The minimum atomic E-state index is -0.125. The second-order valence-corrected chi connectivity index (χ2v) is 6.28. The number of ether oxygens (including phenoxy) is 1. The van der Waals surface area contributed by atoms with Crippen molar-refractivity contribution < 1.29 is 9.53 Å². The molecule has 1 amide bonds. The molecule has 2 aliphatic rings. The van der Waals surface area contributed by atoms with Crippen LogP contribution in [-0.4, -0.2) is 66.2 Å². The molecule has 1 aromatic heterocycles. The smallest absolute Gasteiger partial charge is 0.254 e. The van der Waals surface area contributed by atoms with Gasteiger partial charge in [-0.1, -0.05) is 0 Å². The summed E-state index contributed by atoms with van der Waals surface area (Å²) in [6.45, 7) is 6.24. The van der Waals surface area contributed by atoms with E-state index in [4.69, 9.17) is 4.74 Å². The summed E-state index contributed by atoms with van der Waals surface area (Å²) in [7, 11) is 2.09. The van der Waals surface area contributed by atoms with Crippen molar-refractivity contribution in [2.75, 3.05) is 39.9 Å². The topological polar surface area (TPSA) is 54.8 Å². The Morgan fingerprint density at radius 2 is 2.14 bits per heavy atom. The molecule has 0 aromatic carbocycles. The molecule has 0 N–H and O–H groups in total. The van der Waals surface area contributed by atoms with Crippen LogP contribution in [0.2, 0.25) is 0 Å². The number of carbonyl (C=O) groups excluding carboxylic acids is 1. The first-order valence-electron chi connectivity index (χ1n) is 7.86. The first-order chi connectivity index (χ1) is 10.6. The zero-order chi connectivity index (χ0) is 15.7. The number of carbonyl (C=O) groups is 1. The molecule has 2 aliphatic heterocycles. The molecule has 120 valence electrons. The molecule has 1 aromatic rings. The van der Waals surface area contributed by atoms with Crippen LogP contribution in [0.25, 0.3) is 0 Å². The van der Waals surface area contributed by atoms with Crippen molar-refractivity contribution in [1.29, 1.82) is 0 Å². The Hall–Kier alpha value is -1.66. The summed E-state index contributed by atoms with van der Waals surface area (Å²) in [4.78, 5) is 29.0. The van der Waals surface area contributed by atoms with E-state index < -0.39 is 0 Å². The summed E-state index contributed by atoms with van der Waals surface area (Å²) < 4.78 is 7.29. The number of likely N-dealkylation sites (N-methyl/N-ethyl adjacent to an activating group) is 1. The van der Waals surface area contributed by atoms with Crippen LogP contribution < -0.4 is 5.56 Å². The Labute approximate surface area is 130 Å². The summed E-state index contributed by atoms with van der Waals surface area (Å²) >= 11 is 0. The first-order valence-corrected chi connectivity index (χ1v) is 7.86. The van der Waals surface area contributed by atoms with Gasteiger partial charge in [0, 0.05) is 49.9 Å². The maximum atomic E-state index is 12.9. The SMILES string of the molecule is CCn1ccc(C(=O)N2C[C@H]3COC[C@@H]2CN(C)C3)cc1=O. The number of fused-ring (bicyclic) bond motifs is 3. The Morgan fingerprint density at radius 1 is 1.32 bits per heavy atom. The minimum Gasteiger partial charge on any atom is -0.379 e. The van der Waals surface area contributed by atoms with Gasteiger partial charge in [-0.3, -0.25) is 9.59 Å². The van der Waals surface area contributed by atoms with Gasteiger partial charge in [-0.15, -0.1) is 0 Å². The van der Waals surface area contributed by atoms with E-state index in [0.717, 1.165) is 13.1 Å². The van der Waals surface area contributed by atoms with E-state index in [2.05, 4.69) is 11.9 Å². The number of rotatable bonds is 2. The van der Waals surface area contributed by atoms with E-state index in [0.29, 0.717) is 37.8 Å². The second-order valence-electron chi connectivity index (χ2n) is 6.28. The van der Waals surface area contributed by atoms with Gasteiger partial charge in [-0.05, 0) is 20.0 Å². The summed E-state index contributed by atoms with van der Waals surface area (Å²) in [5.41, 5.74) is 0.351. The summed E-state index contributed by atoms with van der Waals surface area (Å²) in [6, 6.07) is 3.25. The molecule has 0 aliphatic carbocycles. The predicted octanol–water partition coefficient (Wildman–Crippen LogP) is 0.271. The van der Waals surface area contributed by atoms with Crippen LogP contribution in [0, 0.1) is 5.92 Å². The largest absolute Gasteiger partial charge is 0.379 e. The fourth-order valence-corrected chi connectivity index (χ4v) is 3.39. The number of nitrogens with zero attached hydrogens (tertiary/aromatic N) is 3. The van der Waals surface area contributed by atoms with Crippen molar-refractivity contribution in [3.8, 4) is 0 Å². The lowest BCUT2D eigenvalue weighted by molar-refractivity contribution is 0.0483. The van der Waals surface area contributed by atoms with Crippen molar-refractivity contribution in [2.24, 2.45) is 5.92 Å². The highest BCUT2D eigenvalue weighted by Crippen LogP contribution is 2.20. The van der Waals surface area contributed by atoms with Crippen LogP contribution in [0.1, 0.15) is 17.3 Å². The third-order valence-corrected chi connectivity index (χ3v) is 4.50. The molecule has 6 heteroatoms. The lowest BCUT2D eigenvalue weighted by atomic mass is 10.1. The molecular formula is C16H23N3O3. The summed E-state index contributed by atoms with van der Waals surface area (Å²) in [5.74, 6) is 0.272. The molecule has 3 rings (SSSR count). The van der Waals surface area contributed by atoms with Gasteiger partial charge >= 0.3 is 0 Å². The Kier molecular flexibility index (Phi) is 4.31. The van der Waals surface area contributed by atoms with E-state index >= 15 is 0 Å². The molecule has 2 fully saturated rings. The van der Waals surface area contributed by atoms with Crippen molar-refractivity contribution in [3.63, 3.8) is 0 Å². The van der Waals surface area contributed by atoms with Gasteiger partial charge in [0.25, 0.3) is 11.5 Å². The summed E-state index contributed by atoms with van der Waals surface area (Å²) in [5, 5.41) is 0. The van der Waals surface area contributed by atoms with E-state index in [1.807, 2.05) is 11.8 Å². The molecule has 6 nitrogen and oxygen atoms in total. The number of aromatic nitrogens is 1. The van der Waals surface area contributed by atoms with Gasteiger partial charge in [0.15, 0.2) is 0 Å². The second kappa shape index (κ2) is 6.22. The predicted molar refractivity (Wildman–Crippen MR) is 83.0 cm³/mol. The van der Waals surface area contributed by atoms with Crippen LogP contribution in [-0.2, 0) is 11.3 Å². The maximum absolute atomic E-state index is 12.9. The molecule has 2 saturated heterocycles. The average molecular weight is 305 g/mol. The first kappa shape index (κ1) is 15.2. The average Bonchev–Trinajstić information content (AvgIpc) is 2.76. The highest BCUT2D eigenvalue weighted by atomic mass is 16.5. The van der Waals surface area contributed by atoms with Crippen LogP contribution in [0.4, 0.5) is 0 Å². The Morgan fingerprint density at radius 3 is 2.86 bits per heavy atom. The molecule has 0 saturated carbocycles. The molecule has 2 bridgehead atoms. The maximum Gasteiger partial charge on any atom is 0.254 e. The number of aryl methyl sites for hydroxylation is 1. The molecule has 0 radical (unpaired) electrons. The van der Waals surface area contributed by atoms with Crippen molar-refractivity contribution in [3.05, 3.63) is 34.2 Å². The minimum absolute atomic E-state index is 0.0543. The molecule has 0 spiro atoms. The number of hydrogen-bond acceptors (Lipinski definition) is 4. The fraction of sp³-hybridized carbons (Fsp3) is 0.625. The lowest BCUT2D eigenvalue weighted by Crippen LogP contribution is -2.46. The van der Waals surface area contributed by atoms with Gasteiger partial charge in [-0.25, -0.2) is 0 Å². The highest BCUT2D eigenvalue weighted by molar-refractivity contribution is 5.94. The van der Waals surface area contributed by atoms with Crippen LogP contribution in [0.3, 0.4) is 0 Å². The van der Waals surface area contributed by atoms with Gasteiger partial charge in [0.2, 0.25) is 0 Å². The number of pyridine rings is 1. The molecule has 22 heavy (non-hydrogen) atoms. The van der Waals surface area contributed by atoms with Crippen LogP contribution >= 0.6 is 0 Å². The number of amides is 1. The fourth-order valence-electron chi connectivity index (χ4n) is 3.39. The zero-order valence-electron chi connectivity index (χ0n) is 13.2. The highest BCUT2D eigenvalue weighted by Gasteiger charge is 2.35. The van der Waals surface area contributed by atoms with Gasteiger partial charge in [-0.2, -0.15) is 0 Å². The van der Waals surface area contributed by atoms with E-state index in [1.54, 1.807) is 16.8 Å². The van der Waals surface area contributed by atoms with Gasteiger partial charge in [0.1, 0.15) is 0 Å². The zero-order valence-corrected chi connectivity index (χ0v) is 13.2.